The maximum absolute atomic E-state index is 13.2. The summed E-state index contributed by atoms with van der Waals surface area (Å²) in [5, 5.41) is 0.327. The largest absolute Gasteiger partial charge is 0.413 e. The number of Topliss-reactive ketones (excluding diaryl/α,β-unsaturated/α-hetero) is 1. The van der Waals surface area contributed by atoms with Gasteiger partial charge in [0.1, 0.15) is 11.9 Å². The number of ketones is 1. The SMILES string of the molecule is CCCCC1C(=O)[C@H]2CC[C@@H](O[Si](C)(C)C(C)(C)C)[C@H](C#C[C@H](CC3CCCC3)O[Si](C)(C)C(C)(C)C)[C@@H]12. The van der Waals surface area contributed by atoms with Gasteiger partial charge in [0.25, 0.3) is 0 Å². The molecule has 3 saturated carbocycles. The lowest BCUT2D eigenvalue weighted by Gasteiger charge is -2.53. The monoisotopic (exact) mass is 560 g/mol. The van der Waals surface area contributed by atoms with Crippen molar-refractivity contribution in [1.29, 1.82) is 0 Å². The average molecular weight is 561 g/mol. The molecular weight excluding hydrogens is 501 g/mol. The smallest absolute Gasteiger partial charge is 0.193 e. The number of fused-ring (bicyclic) bond motifs is 1. The van der Waals surface area contributed by atoms with Gasteiger partial charge in [-0.05, 0) is 73.8 Å². The molecule has 38 heavy (non-hydrogen) atoms. The molecule has 218 valence electrons. The van der Waals surface area contributed by atoms with Gasteiger partial charge in [0.05, 0.1) is 6.10 Å². The van der Waals surface area contributed by atoms with Gasteiger partial charge in [0.15, 0.2) is 16.6 Å². The number of carbonyl (C=O) groups excluding carboxylic acids is 1. The maximum atomic E-state index is 13.2. The molecule has 0 aliphatic heterocycles. The highest BCUT2D eigenvalue weighted by molar-refractivity contribution is 6.74. The normalized spacial score (nSPS) is 29.9. The highest BCUT2D eigenvalue weighted by Crippen LogP contribution is 2.53. The molecule has 0 heterocycles. The summed E-state index contributed by atoms with van der Waals surface area (Å²) >= 11 is 0. The molecule has 0 spiro atoms. The molecule has 0 N–H and O–H groups in total. The predicted octanol–water partition coefficient (Wildman–Crippen LogP) is 9.38. The van der Waals surface area contributed by atoms with Crippen molar-refractivity contribution in [3.8, 4) is 11.8 Å². The third-order valence-corrected chi connectivity index (χ3v) is 20.0. The van der Waals surface area contributed by atoms with E-state index in [0.717, 1.165) is 44.4 Å². The lowest BCUT2D eigenvalue weighted by atomic mass is 9.52. The number of rotatable bonds is 9. The highest BCUT2D eigenvalue weighted by Gasteiger charge is 2.57. The first-order valence-corrected chi connectivity index (χ1v) is 21.7. The summed E-state index contributed by atoms with van der Waals surface area (Å²) in [6.45, 7) is 25.6. The molecule has 3 aliphatic rings. The molecule has 0 aromatic rings. The Morgan fingerprint density at radius 2 is 1.53 bits per heavy atom. The van der Waals surface area contributed by atoms with Crippen LogP contribution in [0.1, 0.15) is 113 Å². The van der Waals surface area contributed by atoms with E-state index in [-0.39, 0.29) is 40.0 Å². The van der Waals surface area contributed by atoms with Gasteiger partial charge in [-0.3, -0.25) is 4.79 Å². The van der Waals surface area contributed by atoms with E-state index in [1.807, 2.05) is 0 Å². The van der Waals surface area contributed by atoms with Crippen LogP contribution in [-0.2, 0) is 13.6 Å². The van der Waals surface area contributed by atoms with Gasteiger partial charge in [-0.2, -0.15) is 0 Å². The first-order valence-electron chi connectivity index (χ1n) is 15.9. The molecule has 3 fully saturated rings. The van der Waals surface area contributed by atoms with Gasteiger partial charge in [-0.15, -0.1) is 0 Å². The first kappa shape index (κ1) is 32.1. The summed E-state index contributed by atoms with van der Waals surface area (Å²) < 4.78 is 14.1. The first-order chi connectivity index (χ1) is 17.5. The van der Waals surface area contributed by atoms with Crippen LogP contribution >= 0.6 is 0 Å². The van der Waals surface area contributed by atoms with Crippen LogP contribution in [0.4, 0.5) is 0 Å². The third kappa shape index (κ3) is 7.26. The van der Waals surface area contributed by atoms with Gasteiger partial charge >= 0.3 is 0 Å². The van der Waals surface area contributed by atoms with Crippen molar-refractivity contribution in [3.63, 3.8) is 0 Å². The van der Waals surface area contributed by atoms with Crippen LogP contribution in [0.2, 0.25) is 36.3 Å². The summed E-state index contributed by atoms with van der Waals surface area (Å²) in [4.78, 5) is 13.2. The second kappa shape index (κ2) is 12.2. The fourth-order valence-corrected chi connectivity index (χ4v) is 9.06. The van der Waals surface area contributed by atoms with Crippen LogP contribution in [0.25, 0.3) is 0 Å². The van der Waals surface area contributed by atoms with E-state index in [1.54, 1.807) is 0 Å². The van der Waals surface area contributed by atoms with Gasteiger partial charge in [0.2, 0.25) is 0 Å². The average Bonchev–Trinajstić information content (AvgIpc) is 3.29. The van der Waals surface area contributed by atoms with Crippen LogP contribution in [0.15, 0.2) is 0 Å². The zero-order chi connectivity index (χ0) is 28.5. The molecule has 0 amide bonds. The second-order valence-electron chi connectivity index (χ2n) is 15.9. The van der Waals surface area contributed by atoms with E-state index in [1.165, 1.54) is 25.7 Å². The molecule has 0 aromatic heterocycles. The van der Waals surface area contributed by atoms with Crippen LogP contribution in [0.5, 0.6) is 0 Å². The molecular formula is C33H60O3Si2. The maximum Gasteiger partial charge on any atom is 0.193 e. The minimum absolute atomic E-state index is 0.00207. The second-order valence-corrected chi connectivity index (χ2v) is 25.4. The van der Waals surface area contributed by atoms with E-state index in [0.29, 0.717) is 11.7 Å². The minimum atomic E-state index is -1.95. The lowest BCUT2D eigenvalue weighted by molar-refractivity contribution is -0.153. The summed E-state index contributed by atoms with van der Waals surface area (Å²) in [6.07, 6.45) is 11.8. The van der Waals surface area contributed by atoms with Crippen molar-refractivity contribution < 1.29 is 13.6 Å². The Bertz CT molecular complexity index is 863. The number of hydrogen-bond donors (Lipinski definition) is 0. The molecule has 1 unspecified atom stereocenters. The Morgan fingerprint density at radius 1 is 0.921 bits per heavy atom. The topological polar surface area (TPSA) is 35.5 Å². The zero-order valence-electron chi connectivity index (χ0n) is 26.8. The number of unbranched alkanes of at least 4 members (excludes halogenated alkanes) is 1. The van der Waals surface area contributed by atoms with Gasteiger partial charge < -0.3 is 8.85 Å². The molecule has 0 bridgehead atoms. The van der Waals surface area contributed by atoms with Crippen LogP contribution in [-0.4, -0.2) is 34.6 Å². The Morgan fingerprint density at radius 3 is 2.08 bits per heavy atom. The van der Waals surface area contributed by atoms with E-state index >= 15 is 0 Å². The summed E-state index contributed by atoms with van der Waals surface area (Å²) in [5.41, 5.74) is 0. The van der Waals surface area contributed by atoms with E-state index in [4.69, 9.17) is 8.85 Å². The fraction of sp³-hybridized carbons (Fsp3) is 0.909. The quantitative estimate of drug-likeness (QED) is 0.208. The molecule has 5 heteroatoms. The third-order valence-electron chi connectivity index (χ3n) is 11.0. The van der Waals surface area contributed by atoms with Crippen molar-refractivity contribution >= 4 is 22.4 Å². The van der Waals surface area contributed by atoms with Crippen LogP contribution < -0.4 is 0 Å². The molecule has 6 atom stereocenters. The number of hydrogen-bond acceptors (Lipinski definition) is 3. The minimum Gasteiger partial charge on any atom is -0.413 e. The van der Waals surface area contributed by atoms with E-state index in [2.05, 4.69) is 86.5 Å². The zero-order valence-corrected chi connectivity index (χ0v) is 28.8. The Balaban J connectivity index is 1.94. The van der Waals surface area contributed by atoms with Crippen molar-refractivity contribution in [3.05, 3.63) is 0 Å². The highest BCUT2D eigenvalue weighted by atomic mass is 28.4. The molecule has 0 aromatic carbocycles. The molecule has 3 rings (SSSR count). The summed E-state index contributed by atoms with van der Waals surface area (Å²) in [5.74, 6) is 9.75. The summed E-state index contributed by atoms with van der Waals surface area (Å²) in [7, 11) is -3.90. The van der Waals surface area contributed by atoms with Crippen LogP contribution in [0, 0.1) is 41.4 Å². The Hall–Kier alpha value is -0.416. The van der Waals surface area contributed by atoms with Crippen molar-refractivity contribution in [2.24, 2.45) is 29.6 Å². The van der Waals surface area contributed by atoms with Crippen molar-refractivity contribution in [2.45, 2.75) is 161 Å². The lowest BCUT2D eigenvalue weighted by Crippen LogP contribution is -2.58. The standard InChI is InChI=1S/C33H60O3Si2/c1-12-13-18-27-30-26(29(22-21-28(30)31(27)34)36-38(10,11)33(5,6)7)20-19-25(23-24-16-14-15-17-24)35-37(8,9)32(2,3)4/h24-30H,12-18,21-23H2,1-11H3/t25-,26+,27?,28+,29-,30+/m1/s1. The van der Waals surface area contributed by atoms with E-state index < -0.39 is 16.6 Å². The molecule has 3 nitrogen and oxygen atoms in total. The number of carbonyl (C=O) groups is 1. The molecule has 0 radical (unpaired) electrons. The van der Waals surface area contributed by atoms with Gasteiger partial charge in [0, 0.05) is 17.8 Å². The van der Waals surface area contributed by atoms with Crippen LogP contribution in [0.3, 0.4) is 0 Å². The predicted molar refractivity (Wildman–Crippen MR) is 166 cm³/mol. The molecule has 0 saturated heterocycles. The van der Waals surface area contributed by atoms with E-state index in [9.17, 15) is 4.79 Å². The Labute approximate surface area is 238 Å². The fourth-order valence-electron chi connectivity index (χ4n) is 6.46. The van der Waals surface area contributed by atoms with Gasteiger partial charge in [-0.1, -0.05) is 98.8 Å². The van der Waals surface area contributed by atoms with Gasteiger partial charge in [-0.25, -0.2) is 0 Å². The van der Waals surface area contributed by atoms with Crippen molar-refractivity contribution in [2.75, 3.05) is 0 Å². The Kier molecular flexibility index (Phi) is 10.3. The summed E-state index contributed by atoms with van der Waals surface area (Å²) in [6, 6.07) is 0. The van der Waals surface area contributed by atoms with Crippen molar-refractivity contribution in [1.82, 2.24) is 0 Å². The molecule has 3 aliphatic carbocycles.